The molecule has 0 aliphatic heterocycles. The van der Waals surface area contributed by atoms with E-state index in [4.69, 9.17) is 0 Å². The van der Waals surface area contributed by atoms with Crippen LogP contribution >= 0.6 is 25.8 Å². The molecule has 0 rings (SSSR count). The molecule has 0 aromatic rings. The van der Waals surface area contributed by atoms with Gasteiger partial charge in [0.15, 0.2) is 0 Å². The van der Waals surface area contributed by atoms with Crippen molar-refractivity contribution < 1.29 is 0 Å². The lowest BCUT2D eigenvalue weighted by atomic mass is 10.0. The molecule has 3 heteroatoms. The monoisotopic (exact) mass is 421 g/mol. The van der Waals surface area contributed by atoms with Gasteiger partial charge in [-0.25, -0.2) is 0 Å². The standard InChI is InChI=1S/C17H35.2BrH.Mg/c1-3-5-7-9-11-13-15-17-16-14-12-10-8-6-4-2;;;/h1,3-17H2,2H3;2*1H;/q;;;+2/p-2. The van der Waals surface area contributed by atoms with Crippen LogP contribution in [0.2, 0.25) is 0 Å². The Morgan fingerprint density at radius 3 is 1.10 bits per heavy atom. The van der Waals surface area contributed by atoms with E-state index < -0.39 is 0 Å². The summed E-state index contributed by atoms with van der Waals surface area (Å²) in [6.45, 7) is 6.17. The average molecular weight is 424 g/mol. The lowest BCUT2D eigenvalue weighted by molar-refractivity contribution is 0.536. The Balaban J connectivity index is 0. The molecule has 0 fully saturated rings. The highest BCUT2D eigenvalue weighted by Gasteiger charge is 1.93. The van der Waals surface area contributed by atoms with Crippen molar-refractivity contribution >= 4 is 41.8 Å². The molecule has 0 bridgehead atoms. The normalized spacial score (nSPS) is 9.80. The van der Waals surface area contributed by atoms with Crippen LogP contribution in [0.4, 0.5) is 0 Å². The van der Waals surface area contributed by atoms with Gasteiger partial charge in [0, 0.05) is 0 Å². The zero-order chi connectivity index (χ0) is 15.3. The molecule has 0 nitrogen and oxygen atoms in total. The molecule has 0 atom stereocenters. The fourth-order valence-corrected chi connectivity index (χ4v) is 2.37. The van der Waals surface area contributed by atoms with Crippen LogP contribution in [-0.2, 0) is 0 Å². The second-order valence-corrected chi connectivity index (χ2v) is 13.6. The van der Waals surface area contributed by atoms with Crippen molar-refractivity contribution in [3.8, 4) is 0 Å². The van der Waals surface area contributed by atoms with Crippen molar-refractivity contribution in [1.29, 1.82) is 0 Å². The van der Waals surface area contributed by atoms with Gasteiger partial charge in [-0.1, -0.05) is 110 Å². The largest absolute Gasteiger partial charge is 0.560 e. The van der Waals surface area contributed by atoms with E-state index in [0.29, 0.717) is 0 Å². The summed E-state index contributed by atoms with van der Waals surface area (Å²) in [7, 11) is 0. The number of unbranched alkanes of at least 4 members (excludes halogenated alkanes) is 14. The first-order valence-electron chi connectivity index (χ1n) is 8.74. The molecule has 0 heterocycles. The van der Waals surface area contributed by atoms with E-state index >= 15 is 0 Å². The third kappa shape index (κ3) is 28.0. The van der Waals surface area contributed by atoms with Gasteiger partial charge >= 0.3 is 16.0 Å². The molecule has 119 valence electrons. The summed E-state index contributed by atoms with van der Waals surface area (Å²) in [6.07, 6.45) is 21.3. The Kier molecular flexibility index (Phi) is 30.8. The fraction of sp³-hybridized carbons (Fsp3) is 0.941. The Morgan fingerprint density at radius 2 is 0.850 bits per heavy atom. The predicted octanol–water partition coefficient (Wildman–Crippen LogP) is 8.00. The highest BCUT2D eigenvalue weighted by molar-refractivity contribution is 9.47. The molecule has 20 heavy (non-hydrogen) atoms. The van der Waals surface area contributed by atoms with Crippen LogP contribution in [0.1, 0.15) is 103 Å². The van der Waals surface area contributed by atoms with Gasteiger partial charge in [0.05, 0.1) is 0 Å². The SMILES string of the molecule is [Br][Mg][Br].[CH2]CCCCCCCCCCCCCCCC. The maximum Gasteiger partial charge on any atom is 0.560 e. The average Bonchev–Trinajstić information content (AvgIpc) is 2.45. The second kappa shape index (κ2) is 25.7. The lowest BCUT2D eigenvalue weighted by Gasteiger charge is -2.02. The Hall–Kier alpha value is 1.73. The van der Waals surface area contributed by atoms with Crippen LogP contribution in [0.15, 0.2) is 0 Å². The Labute approximate surface area is 151 Å². The minimum absolute atomic E-state index is 0.0417. The van der Waals surface area contributed by atoms with Crippen molar-refractivity contribution in [2.45, 2.75) is 103 Å². The van der Waals surface area contributed by atoms with Crippen LogP contribution in [0.3, 0.4) is 0 Å². The molecule has 0 amide bonds. The summed E-state index contributed by atoms with van der Waals surface area (Å²) >= 11 is 6.44. The summed E-state index contributed by atoms with van der Waals surface area (Å²) < 4.78 is 0. The molecular formula is C17H35Br2Mg. The summed E-state index contributed by atoms with van der Waals surface area (Å²) in [5, 5.41) is 0. The predicted molar refractivity (Wildman–Crippen MR) is 104 cm³/mol. The third-order valence-corrected chi connectivity index (χ3v) is 3.60. The van der Waals surface area contributed by atoms with E-state index in [1.165, 1.54) is 89.9 Å². The Morgan fingerprint density at radius 1 is 0.600 bits per heavy atom. The van der Waals surface area contributed by atoms with Gasteiger partial charge < -0.3 is 0 Å². The number of rotatable bonds is 14. The van der Waals surface area contributed by atoms with E-state index in [2.05, 4.69) is 39.6 Å². The van der Waals surface area contributed by atoms with Gasteiger partial charge in [-0.15, -0.1) is 0 Å². The molecule has 1 radical (unpaired) electrons. The van der Waals surface area contributed by atoms with Gasteiger partial charge in [-0.3, -0.25) is 25.8 Å². The minimum atomic E-state index is 0.0417. The van der Waals surface area contributed by atoms with Crippen LogP contribution in [0.25, 0.3) is 0 Å². The molecule has 0 spiro atoms. The number of hydrogen-bond acceptors (Lipinski definition) is 0. The summed E-state index contributed by atoms with van der Waals surface area (Å²) in [6, 6.07) is 0. The number of halogens is 2. The van der Waals surface area contributed by atoms with Crippen molar-refractivity contribution in [1.82, 2.24) is 0 Å². The summed E-state index contributed by atoms with van der Waals surface area (Å²) in [5.41, 5.74) is 0. The molecule has 0 aliphatic rings. The smallest absolute Gasteiger partial charge is 0.280 e. The fourth-order valence-electron chi connectivity index (χ4n) is 2.37. The molecule has 0 aromatic carbocycles. The first-order valence-corrected chi connectivity index (χ1v) is 16.5. The maximum atomic E-state index is 3.88. The van der Waals surface area contributed by atoms with Crippen LogP contribution in [0.5, 0.6) is 0 Å². The highest BCUT2D eigenvalue weighted by atomic mass is 79.9. The van der Waals surface area contributed by atoms with Crippen molar-refractivity contribution in [2.24, 2.45) is 0 Å². The van der Waals surface area contributed by atoms with E-state index in [0.717, 1.165) is 6.42 Å². The van der Waals surface area contributed by atoms with Gasteiger partial charge in [0.1, 0.15) is 0 Å². The van der Waals surface area contributed by atoms with Crippen molar-refractivity contribution in [3.63, 3.8) is 0 Å². The quantitative estimate of drug-likeness (QED) is 0.196. The van der Waals surface area contributed by atoms with Gasteiger partial charge in [0.25, 0.3) is 0 Å². The zero-order valence-electron chi connectivity index (χ0n) is 13.8. The zero-order valence-corrected chi connectivity index (χ0v) is 18.4. The molecule has 0 aromatic heterocycles. The first kappa shape index (κ1) is 24.0. The molecule has 0 unspecified atom stereocenters. The summed E-state index contributed by atoms with van der Waals surface area (Å²) in [4.78, 5) is 0. The topological polar surface area (TPSA) is 0 Å². The van der Waals surface area contributed by atoms with Crippen LogP contribution in [-0.4, -0.2) is 16.0 Å². The first-order chi connectivity index (χ1) is 9.83. The highest BCUT2D eigenvalue weighted by Crippen LogP contribution is 2.13. The maximum absolute atomic E-state index is 3.88. The van der Waals surface area contributed by atoms with E-state index in [1.54, 1.807) is 0 Å². The third-order valence-electron chi connectivity index (χ3n) is 3.60. The molecule has 0 saturated carbocycles. The van der Waals surface area contributed by atoms with Gasteiger partial charge in [-0.05, 0) is 0 Å². The van der Waals surface area contributed by atoms with E-state index in [-0.39, 0.29) is 16.0 Å². The molecule has 0 aliphatic carbocycles. The van der Waals surface area contributed by atoms with E-state index in [1.807, 2.05) is 0 Å². The molecular weight excluding hydrogens is 388 g/mol. The summed E-state index contributed by atoms with van der Waals surface area (Å²) in [5.74, 6) is 0. The molecule has 0 saturated heterocycles. The van der Waals surface area contributed by atoms with Crippen LogP contribution < -0.4 is 0 Å². The molecule has 0 N–H and O–H groups in total. The van der Waals surface area contributed by atoms with Crippen LogP contribution in [0, 0.1) is 6.92 Å². The lowest BCUT2D eigenvalue weighted by Crippen LogP contribution is -1.82. The minimum Gasteiger partial charge on any atom is -0.280 e. The van der Waals surface area contributed by atoms with Crippen molar-refractivity contribution in [2.75, 3.05) is 0 Å². The second-order valence-electron chi connectivity index (χ2n) is 5.55. The Bertz CT molecular complexity index is 129. The van der Waals surface area contributed by atoms with E-state index in [9.17, 15) is 0 Å². The van der Waals surface area contributed by atoms with Crippen molar-refractivity contribution in [3.05, 3.63) is 6.92 Å². The van der Waals surface area contributed by atoms with Gasteiger partial charge in [0.2, 0.25) is 0 Å². The van der Waals surface area contributed by atoms with Gasteiger partial charge in [-0.2, -0.15) is 0 Å². The number of hydrogen-bond donors (Lipinski definition) is 0.